The van der Waals surface area contributed by atoms with Gasteiger partial charge in [0.05, 0.1) is 4.91 Å². The molecule has 0 unspecified atom stereocenters. The molecule has 4 heteroatoms. The number of thioether (sulfide) groups is 1. The number of nitrogens with one attached hydrogen (secondary N) is 1. The van der Waals surface area contributed by atoms with Crippen molar-refractivity contribution in [2.24, 2.45) is 0 Å². The van der Waals surface area contributed by atoms with E-state index in [2.05, 4.69) is 12.2 Å². The normalized spacial score (nSPS) is 11.3. The Morgan fingerprint density at radius 3 is 2.72 bits per heavy atom. The fourth-order valence-corrected chi connectivity index (χ4v) is 2.55. The summed E-state index contributed by atoms with van der Waals surface area (Å²) in [5.74, 6) is 0.823. The van der Waals surface area contributed by atoms with Crippen LogP contribution in [0.3, 0.4) is 0 Å². The first kappa shape index (κ1) is 15.1. The molecular formula is C14H18ClNOS. The largest absolute Gasteiger partial charge is 0.347 e. The SMILES string of the molecule is CCCCS/C(=C\Cl)C(=O)NCc1ccccc1. The number of hydrogen-bond donors (Lipinski definition) is 1. The van der Waals surface area contributed by atoms with Gasteiger partial charge in [0, 0.05) is 12.1 Å². The van der Waals surface area contributed by atoms with Crippen molar-refractivity contribution in [1.29, 1.82) is 0 Å². The maximum atomic E-state index is 11.9. The molecule has 1 amide bonds. The van der Waals surface area contributed by atoms with Gasteiger partial charge in [0.25, 0.3) is 5.91 Å². The Labute approximate surface area is 118 Å². The zero-order valence-electron chi connectivity index (χ0n) is 10.5. The summed E-state index contributed by atoms with van der Waals surface area (Å²) in [7, 11) is 0. The van der Waals surface area contributed by atoms with Gasteiger partial charge in [0.1, 0.15) is 0 Å². The number of halogens is 1. The minimum absolute atomic E-state index is 0.102. The molecule has 0 aliphatic heterocycles. The van der Waals surface area contributed by atoms with Crippen molar-refractivity contribution in [1.82, 2.24) is 5.32 Å². The molecule has 0 bridgehead atoms. The van der Waals surface area contributed by atoms with Crippen LogP contribution in [0, 0.1) is 0 Å². The number of amides is 1. The number of unbranched alkanes of at least 4 members (excludes halogenated alkanes) is 1. The van der Waals surface area contributed by atoms with Gasteiger partial charge in [-0.05, 0) is 17.7 Å². The zero-order valence-corrected chi connectivity index (χ0v) is 12.1. The second kappa shape index (κ2) is 9.06. The Morgan fingerprint density at radius 2 is 2.11 bits per heavy atom. The van der Waals surface area contributed by atoms with Gasteiger partial charge in [-0.1, -0.05) is 55.3 Å². The topological polar surface area (TPSA) is 29.1 Å². The van der Waals surface area contributed by atoms with E-state index in [4.69, 9.17) is 11.6 Å². The molecule has 0 heterocycles. The van der Waals surface area contributed by atoms with Crippen molar-refractivity contribution in [3.63, 3.8) is 0 Å². The van der Waals surface area contributed by atoms with E-state index in [1.165, 1.54) is 17.3 Å². The number of carbonyl (C=O) groups is 1. The van der Waals surface area contributed by atoms with Crippen molar-refractivity contribution >= 4 is 29.3 Å². The van der Waals surface area contributed by atoms with Gasteiger partial charge in [0.15, 0.2) is 0 Å². The molecule has 18 heavy (non-hydrogen) atoms. The molecule has 0 fully saturated rings. The monoisotopic (exact) mass is 283 g/mol. The van der Waals surface area contributed by atoms with E-state index >= 15 is 0 Å². The first-order valence-corrected chi connectivity index (χ1v) is 7.45. The summed E-state index contributed by atoms with van der Waals surface area (Å²) in [5, 5.41) is 2.86. The average molecular weight is 284 g/mol. The highest BCUT2D eigenvalue weighted by atomic mass is 35.5. The predicted octanol–water partition coefficient (Wildman–Crippen LogP) is 3.92. The van der Waals surface area contributed by atoms with Gasteiger partial charge in [-0.2, -0.15) is 0 Å². The fourth-order valence-electron chi connectivity index (χ4n) is 1.34. The molecule has 0 aliphatic carbocycles. The van der Waals surface area contributed by atoms with Gasteiger partial charge in [-0.3, -0.25) is 4.79 Å². The molecule has 1 aromatic carbocycles. The van der Waals surface area contributed by atoms with Crippen molar-refractivity contribution < 1.29 is 4.79 Å². The van der Waals surface area contributed by atoms with Crippen LogP contribution in [-0.4, -0.2) is 11.7 Å². The zero-order chi connectivity index (χ0) is 13.2. The summed E-state index contributed by atoms with van der Waals surface area (Å²) in [5.41, 5.74) is 2.44. The first-order chi connectivity index (χ1) is 8.77. The Morgan fingerprint density at radius 1 is 1.39 bits per heavy atom. The number of carbonyl (C=O) groups excluding carboxylic acids is 1. The molecule has 98 valence electrons. The lowest BCUT2D eigenvalue weighted by molar-refractivity contribution is -0.116. The summed E-state index contributed by atoms with van der Waals surface area (Å²) in [6.45, 7) is 2.66. The van der Waals surface area contributed by atoms with Crippen molar-refractivity contribution in [2.45, 2.75) is 26.3 Å². The van der Waals surface area contributed by atoms with Gasteiger partial charge < -0.3 is 5.32 Å². The Kier molecular flexibility index (Phi) is 7.62. The highest BCUT2D eigenvalue weighted by Gasteiger charge is 2.08. The molecule has 0 atom stereocenters. The van der Waals surface area contributed by atoms with Crippen LogP contribution in [0.15, 0.2) is 40.8 Å². The predicted molar refractivity (Wildman–Crippen MR) is 79.6 cm³/mol. The quantitative estimate of drug-likeness (QED) is 0.607. The third-order valence-electron chi connectivity index (χ3n) is 2.37. The standard InChI is InChI=1S/C14H18ClNOS/c1-2-3-9-18-13(10-15)14(17)16-11-12-7-5-4-6-8-12/h4-8,10H,2-3,9,11H2,1H3,(H,16,17)/b13-10-. The van der Waals surface area contributed by atoms with Crippen LogP contribution < -0.4 is 5.32 Å². The summed E-state index contributed by atoms with van der Waals surface area (Å²) in [6.07, 6.45) is 2.21. The van der Waals surface area contributed by atoms with Crippen LogP contribution >= 0.6 is 23.4 Å². The van der Waals surface area contributed by atoms with E-state index < -0.39 is 0 Å². The van der Waals surface area contributed by atoms with E-state index in [1.54, 1.807) is 0 Å². The molecular weight excluding hydrogens is 266 g/mol. The van der Waals surface area contributed by atoms with E-state index in [-0.39, 0.29) is 5.91 Å². The van der Waals surface area contributed by atoms with Crippen molar-refractivity contribution in [2.75, 3.05) is 5.75 Å². The number of hydrogen-bond acceptors (Lipinski definition) is 2. The van der Waals surface area contributed by atoms with Gasteiger partial charge >= 0.3 is 0 Å². The molecule has 2 nitrogen and oxygen atoms in total. The van der Waals surface area contributed by atoms with Crippen LogP contribution in [-0.2, 0) is 11.3 Å². The summed E-state index contributed by atoms with van der Waals surface area (Å²) < 4.78 is 0. The van der Waals surface area contributed by atoms with Crippen LogP contribution in [0.1, 0.15) is 25.3 Å². The van der Waals surface area contributed by atoms with Crippen LogP contribution in [0.2, 0.25) is 0 Å². The lowest BCUT2D eigenvalue weighted by Gasteiger charge is -2.07. The molecule has 1 rings (SSSR count). The Balaban J connectivity index is 2.39. The lowest BCUT2D eigenvalue weighted by atomic mass is 10.2. The van der Waals surface area contributed by atoms with Crippen LogP contribution in [0.5, 0.6) is 0 Å². The molecule has 0 spiro atoms. The maximum absolute atomic E-state index is 11.9. The number of benzene rings is 1. The molecule has 0 saturated heterocycles. The molecule has 1 aromatic rings. The third-order valence-corrected chi connectivity index (χ3v) is 3.83. The lowest BCUT2D eigenvalue weighted by Crippen LogP contribution is -2.23. The molecule has 0 radical (unpaired) electrons. The van der Waals surface area contributed by atoms with Gasteiger partial charge in [-0.15, -0.1) is 11.8 Å². The average Bonchev–Trinajstić information content (AvgIpc) is 2.42. The van der Waals surface area contributed by atoms with Crippen LogP contribution in [0.4, 0.5) is 0 Å². The minimum Gasteiger partial charge on any atom is -0.347 e. The first-order valence-electron chi connectivity index (χ1n) is 6.03. The second-order valence-corrected chi connectivity index (χ2v) is 5.20. The molecule has 0 aromatic heterocycles. The summed E-state index contributed by atoms with van der Waals surface area (Å²) in [4.78, 5) is 12.4. The van der Waals surface area contributed by atoms with E-state index in [1.807, 2.05) is 30.3 Å². The van der Waals surface area contributed by atoms with Gasteiger partial charge in [0.2, 0.25) is 0 Å². The van der Waals surface area contributed by atoms with Gasteiger partial charge in [-0.25, -0.2) is 0 Å². The minimum atomic E-state index is -0.102. The smallest absolute Gasteiger partial charge is 0.258 e. The van der Waals surface area contributed by atoms with Crippen molar-refractivity contribution in [3.8, 4) is 0 Å². The number of rotatable bonds is 7. The third kappa shape index (κ3) is 5.61. The molecule has 0 saturated carbocycles. The second-order valence-electron chi connectivity index (χ2n) is 3.84. The molecule has 0 aliphatic rings. The van der Waals surface area contributed by atoms with E-state index in [0.29, 0.717) is 11.4 Å². The van der Waals surface area contributed by atoms with E-state index in [9.17, 15) is 4.79 Å². The molecule has 1 N–H and O–H groups in total. The Hall–Kier alpha value is -0.930. The highest BCUT2D eigenvalue weighted by molar-refractivity contribution is 8.04. The van der Waals surface area contributed by atoms with E-state index in [0.717, 1.165) is 24.2 Å². The highest BCUT2D eigenvalue weighted by Crippen LogP contribution is 2.18. The maximum Gasteiger partial charge on any atom is 0.258 e. The summed E-state index contributed by atoms with van der Waals surface area (Å²) in [6, 6.07) is 9.82. The summed E-state index contributed by atoms with van der Waals surface area (Å²) >= 11 is 7.19. The fraction of sp³-hybridized carbons (Fsp3) is 0.357. The van der Waals surface area contributed by atoms with Crippen LogP contribution in [0.25, 0.3) is 0 Å². The van der Waals surface area contributed by atoms with Crippen molar-refractivity contribution in [3.05, 3.63) is 46.3 Å². The Bertz CT molecular complexity index is 392.